The fourth-order valence-corrected chi connectivity index (χ4v) is 2.33. The molecule has 0 radical (unpaired) electrons. The molecule has 0 aliphatic heterocycles. The topological polar surface area (TPSA) is 55.1 Å². The van der Waals surface area contributed by atoms with E-state index in [9.17, 15) is 4.79 Å². The predicted octanol–water partition coefficient (Wildman–Crippen LogP) is 3.85. The molecule has 0 aliphatic rings. The number of amides is 1. The first-order valence-electron chi connectivity index (χ1n) is 6.06. The Labute approximate surface area is 121 Å². The molecule has 2 rings (SSSR count). The molecule has 0 spiro atoms. The van der Waals surface area contributed by atoms with Crippen LogP contribution in [0, 0.1) is 0 Å². The summed E-state index contributed by atoms with van der Waals surface area (Å²) >= 11 is 3.38. The maximum absolute atomic E-state index is 12.2. The van der Waals surface area contributed by atoms with Crippen molar-refractivity contribution in [1.82, 2.24) is 0 Å². The largest absolute Gasteiger partial charge is 0.399 e. The monoisotopic (exact) mass is 318 g/mol. The van der Waals surface area contributed by atoms with Gasteiger partial charge < -0.3 is 11.1 Å². The number of halogens is 1. The molecular weight excluding hydrogens is 304 g/mol. The van der Waals surface area contributed by atoms with Crippen LogP contribution in [0.1, 0.15) is 22.8 Å². The molecule has 1 amide bonds. The van der Waals surface area contributed by atoms with Crippen molar-refractivity contribution in [3.63, 3.8) is 0 Å². The molecule has 0 atom stereocenters. The minimum absolute atomic E-state index is 0.132. The fourth-order valence-electron chi connectivity index (χ4n) is 1.86. The molecule has 19 heavy (non-hydrogen) atoms. The van der Waals surface area contributed by atoms with Gasteiger partial charge in [0.2, 0.25) is 0 Å². The number of carbonyl (C=O) groups is 1. The van der Waals surface area contributed by atoms with Crippen molar-refractivity contribution in [2.45, 2.75) is 13.3 Å². The highest BCUT2D eigenvalue weighted by Gasteiger charge is 2.11. The van der Waals surface area contributed by atoms with E-state index >= 15 is 0 Å². The molecule has 3 nitrogen and oxygen atoms in total. The third kappa shape index (κ3) is 3.15. The van der Waals surface area contributed by atoms with E-state index in [1.165, 1.54) is 0 Å². The first-order valence-corrected chi connectivity index (χ1v) is 6.85. The van der Waals surface area contributed by atoms with E-state index in [-0.39, 0.29) is 5.91 Å². The predicted molar refractivity (Wildman–Crippen MR) is 82.3 cm³/mol. The molecule has 0 fully saturated rings. The summed E-state index contributed by atoms with van der Waals surface area (Å²) in [4.78, 5) is 12.2. The number of carbonyl (C=O) groups excluding carboxylic acids is 1. The second kappa shape index (κ2) is 5.89. The Morgan fingerprint density at radius 1 is 1.26 bits per heavy atom. The van der Waals surface area contributed by atoms with Crippen molar-refractivity contribution in [3.05, 3.63) is 58.1 Å². The molecule has 2 aromatic carbocycles. The number of hydrogen-bond acceptors (Lipinski definition) is 2. The van der Waals surface area contributed by atoms with Crippen LogP contribution in [0.2, 0.25) is 0 Å². The molecule has 0 aromatic heterocycles. The van der Waals surface area contributed by atoms with E-state index in [1.807, 2.05) is 37.3 Å². The average molecular weight is 319 g/mol. The third-order valence-electron chi connectivity index (χ3n) is 2.88. The minimum Gasteiger partial charge on any atom is -0.399 e. The Morgan fingerprint density at radius 2 is 2.00 bits per heavy atom. The van der Waals surface area contributed by atoms with Gasteiger partial charge in [0.05, 0.1) is 5.56 Å². The van der Waals surface area contributed by atoms with Gasteiger partial charge in [-0.05, 0) is 58.2 Å². The molecular formula is C15H15BrN2O. The van der Waals surface area contributed by atoms with Crippen LogP contribution in [0.3, 0.4) is 0 Å². The average Bonchev–Trinajstić information content (AvgIpc) is 2.41. The summed E-state index contributed by atoms with van der Waals surface area (Å²) in [7, 11) is 0. The normalized spacial score (nSPS) is 10.2. The van der Waals surface area contributed by atoms with Gasteiger partial charge in [0, 0.05) is 15.8 Å². The second-order valence-corrected chi connectivity index (χ2v) is 5.06. The Kier molecular flexibility index (Phi) is 4.22. The lowest BCUT2D eigenvalue weighted by Gasteiger charge is -2.11. The minimum atomic E-state index is -0.132. The van der Waals surface area contributed by atoms with E-state index in [2.05, 4.69) is 21.2 Å². The molecule has 2 aromatic rings. The molecule has 98 valence electrons. The van der Waals surface area contributed by atoms with Gasteiger partial charge in [-0.1, -0.05) is 19.1 Å². The first-order chi connectivity index (χ1) is 9.11. The van der Waals surface area contributed by atoms with Gasteiger partial charge in [0.15, 0.2) is 0 Å². The van der Waals surface area contributed by atoms with E-state index in [1.54, 1.807) is 12.1 Å². The first kappa shape index (κ1) is 13.6. The molecule has 0 aliphatic carbocycles. The number of benzene rings is 2. The molecule has 0 bridgehead atoms. The Morgan fingerprint density at radius 3 is 2.68 bits per heavy atom. The van der Waals surface area contributed by atoms with Gasteiger partial charge in [0.25, 0.3) is 5.91 Å². The van der Waals surface area contributed by atoms with Crippen molar-refractivity contribution in [2.24, 2.45) is 0 Å². The number of nitrogens with two attached hydrogens (primary N) is 1. The summed E-state index contributed by atoms with van der Waals surface area (Å²) < 4.78 is 0.779. The van der Waals surface area contributed by atoms with Gasteiger partial charge in [-0.3, -0.25) is 4.79 Å². The van der Waals surface area contributed by atoms with Gasteiger partial charge >= 0.3 is 0 Å². The zero-order valence-electron chi connectivity index (χ0n) is 10.6. The summed E-state index contributed by atoms with van der Waals surface area (Å²) in [6.07, 6.45) is 0.816. The molecule has 3 N–H and O–H groups in total. The van der Waals surface area contributed by atoms with Crippen molar-refractivity contribution in [3.8, 4) is 0 Å². The highest BCUT2D eigenvalue weighted by Crippen LogP contribution is 2.22. The summed E-state index contributed by atoms with van der Waals surface area (Å²) in [5.41, 5.74) is 8.90. The fraction of sp³-hybridized carbons (Fsp3) is 0.133. The van der Waals surface area contributed by atoms with E-state index in [4.69, 9.17) is 5.73 Å². The number of rotatable bonds is 3. The lowest BCUT2D eigenvalue weighted by Crippen LogP contribution is -2.14. The van der Waals surface area contributed by atoms with Crippen LogP contribution >= 0.6 is 15.9 Å². The Hall–Kier alpha value is -1.81. The maximum Gasteiger partial charge on any atom is 0.256 e. The number of aryl methyl sites for hydroxylation is 1. The highest BCUT2D eigenvalue weighted by molar-refractivity contribution is 9.10. The zero-order chi connectivity index (χ0) is 13.8. The Balaban J connectivity index is 2.27. The van der Waals surface area contributed by atoms with Gasteiger partial charge in [-0.2, -0.15) is 0 Å². The van der Waals surface area contributed by atoms with Crippen molar-refractivity contribution >= 4 is 33.2 Å². The Bertz CT molecular complexity index is 611. The zero-order valence-corrected chi connectivity index (χ0v) is 12.2. The maximum atomic E-state index is 12.2. The SMILES string of the molecule is CCc1cc(N)ccc1NC(=O)c1ccccc1Br. The summed E-state index contributed by atoms with van der Waals surface area (Å²) in [6, 6.07) is 12.8. The number of nitrogen functional groups attached to an aromatic ring is 1. The van der Waals surface area contributed by atoms with Crippen molar-refractivity contribution < 1.29 is 4.79 Å². The molecule has 0 saturated carbocycles. The lowest BCUT2D eigenvalue weighted by molar-refractivity contribution is 0.102. The van der Waals surface area contributed by atoms with Crippen LogP contribution in [0.5, 0.6) is 0 Å². The van der Waals surface area contributed by atoms with Crippen LogP contribution in [-0.2, 0) is 6.42 Å². The van der Waals surface area contributed by atoms with E-state index < -0.39 is 0 Å². The highest BCUT2D eigenvalue weighted by atomic mass is 79.9. The smallest absolute Gasteiger partial charge is 0.256 e. The standard InChI is InChI=1S/C15H15BrN2O/c1-2-10-9-11(17)7-8-14(10)18-15(19)12-5-3-4-6-13(12)16/h3-9H,2,17H2,1H3,(H,18,19). The summed E-state index contributed by atoms with van der Waals surface area (Å²) in [5.74, 6) is -0.132. The molecule has 0 unspecified atom stereocenters. The van der Waals surface area contributed by atoms with Crippen molar-refractivity contribution in [1.29, 1.82) is 0 Å². The number of anilines is 2. The quantitative estimate of drug-likeness (QED) is 0.845. The van der Waals surface area contributed by atoms with Gasteiger partial charge in [-0.15, -0.1) is 0 Å². The summed E-state index contributed by atoms with van der Waals surface area (Å²) in [5, 5.41) is 2.92. The van der Waals surface area contributed by atoms with E-state index in [0.717, 1.165) is 22.1 Å². The van der Waals surface area contributed by atoms with Crippen LogP contribution in [-0.4, -0.2) is 5.91 Å². The number of nitrogens with one attached hydrogen (secondary N) is 1. The summed E-state index contributed by atoms with van der Waals surface area (Å²) in [6.45, 7) is 2.03. The second-order valence-electron chi connectivity index (χ2n) is 4.20. The number of hydrogen-bond donors (Lipinski definition) is 2. The van der Waals surface area contributed by atoms with Gasteiger partial charge in [-0.25, -0.2) is 0 Å². The van der Waals surface area contributed by atoms with Crippen LogP contribution in [0.4, 0.5) is 11.4 Å². The third-order valence-corrected chi connectivity index (χ3v) is 3.57. The van der Waals surface area contributed by atoms with Gasteiger partial charge in [0.1, 0.15) is 0 Å². The molecule has 0 saturated heterocycles. The van der Waals surface area contributed by atoms with Crippen LogP contribution < -0.4 is 11.1 Å². The van der Waals surface area contributed by atoms with E-state index in [0.29, 0.717) is 11.3 Å². The van der Waals surface area contributed by atoms with Crippen molar-refractivity contribution in [2.75, 3.05) is 11.1 Å². The molecule has 4 heteroatoms. The lowest BCUT2D eigenvalue weighted by atomic mass is 10.1. The molecule has 0 heterocycles. The van der Waals surface area contributed by atoms with Crippen LogP contribution in [0.25, 0.3) is 0 Å². The van der Waals surface area contributed by atoms with Crippen LogP contribution in [0.15, 0.2) is 46.9 Å².